The predicted molar refractivity (Wildman–Crippen MR) is 63.3 cm³/mol. The van der Waals surface area contributed by atoms with Gasteiger partial charge in [-0.05, 0) is 13.8 Å². The van der Waals surface area contributed by atoms with Crippen LogP contribution in [0.3, 0.4) is 0 Å². The average molecular weight is 306 g/mol. The van der Waals surface area contributed by atoms with Crippen LogP contribution in [0.2, 0.25) is 0 Å². The van der Waals surface area contributed by atoms with Gasteiger partial charge in [-0.3, -0.25) is 31.3 Å². The van der Waals surface area contributed by atoms with E-state index in [1.54, 1.807) is 0 Å². The molecule has 8 N–H and O–H groups in total. The van der Waals surface area contributed by atoms with Gasteiger partial charge in [0.1, 0.15) is 0 Å². The fraction of sp³-hybridized carbons (Fsp3) is 1.00. The first-order chi connectivity index (χ1) is 7.71. The molecular formula is C6H18N4O6S2. The Balaban J connectivity index is 4.36. The summed E-state index contributed by atoms with van der Waals surface area (Å²) in [5.41, 5.74) is 20.5. The molecule has 0 spiro atoms. The van der Waals surface area contributed by atoms with E-state index in [0.717, 1.165) is 13.8 Å². The molecule has 0 aromatic heterocycles. The van der Waals surface area contributed by atoms with Gasteiger partial charge >= 0.3 is 0 Å². The molecule has 0 saturated heterocycles. The zero-order valence-corrected chi connectivity index (χ0v) is 11.6. The molecule has 0 bridgehead atoms. The van der Waals surface area contributed by atoms with Crippen molar-refractivity contribution in [2.24, 2.45) is 22.9 Å². The highest BCUT2D eigenvalue weighted by Gasteiger charge is 2.33. The van der Waals surface area contributed by atoms with Gasteiger partial charge in [-0.2, -0.15) is 16.8 Å². The van der Waals surface area contributed by atoms with Gasteiger partial charge < -0.3 is 0 Å². The van der Waals surface area contributed by atoms with Crippen molar-refractivity contribution in [1.82, 2.24) is 0 Å². The molecule has 0 aliphatic rings. The Morgan fingerprint density at radius 2 is 1.00 bits per heavy atom. The summed E-state index contributed by atoms with van der Waals surface area (Å²) < 4.78 is 53.7. The van der Waals surface area contributed by atoms with Crippen molar-refractivity contribution in [2.45, 2.75) is 23.8 Å². The van der Waals surface area contributed by atoms with Crippen LogP contribution in [-0.2, 0) is 28.6 Å². The second-order valence-corrected chi connectivity index (χ2v) is 7.97. The first-order valence-corrected chi connectivity index (χ1v) is 7.46. The second-order valence-electron chi connectivity index (χ2n) is 3.92. The van der Waals surface area contributed by atoms with Gasteiger partial charge in [-0.1, -0.05) is 0 Å². The van der Waals surface area contributed by atoms with E-state index < -0.39 is 43.4 Å². The first kappa shape index (κ1) is 17.7. The maximum Gasteiger partial charge on any atom is 0.299 e. The minimum absolute atomic E-state index is 0.596. The highest BCUT2D eigenvalue weighted by molar-refractivity contribution is 7.88. The van der Waals surface area contributed by atoms with Crippen LogP contribution in [0.25, 0.3) is 0 Å². The van der Waals surface area contributed by atoms with Crippen LogP contribution >= 0.6 is 0 Å². The topological polar surface area (TPSA) is 191 Å². The molecule has 12 heteroatoms. The van der Waals surface area contributed by atoms with Gasteiger partial charge in [0.05, 0.1) is 13.2 Å². The molecule has 0 saturated carbocycles. The zero-order chi connectivity index (χ0) is 14.8. The van der Waals surface area contributed by atoms with Gasteiger partial charge in [-0.15, -0.1) is 0 Å². The third-order valence-corrected chi connectivity index (χ3v) is 4.75. The summed E-state index contributed by atoms with van der Waals surface area (Å²) in [5, 5.41) is 0. The van der Waals surface area contributed by atoms with Crippen molar-refractivity contribution in [3.8, 4) is 0 Å². The Kier molecular flexibility index (Phi) is 5.24. The van der Waals surface area contributed by atoms with Crippen LogP contribution in [0.1, 0.15) is 13.8 Å². The SMILES string of the molecule is CC(N)(N)S(=O)(=O)OCCOS(=O)(=O)C(C)(N)N. The summed E-state index contributed by atoms with van der Waals surface area (Å²) in [5.74, 6) is 0. The molecule has 10 nitrogen and oxygen atoms in total. The lowest BCUT2D eigenvalue weighted by Crippen LogP contribution is -2.55. The van der Waals surface area contributed by atoms with Gasteiger partial charge in [-0.25, -0.2) is 0 Å². The molecule has 0 rings (SSSR count). The molecule has 0 fully saturated rings. The molecular weight excluding hydrogens is 288 g/mol. The molecule has 110 valence electrons. The van der Waals surface area contributed by atoms with E-state index in [4.69, 9.17) is 22.9 Å². The fourth-order valence-electron chi connectivity index (χ4n) is 0.541. The van der Waals surface area contributed by atoms with E-state index in [1.165, 1.54) is 0 Å². The Morgan fingerprint density at radius 3 is 1.17 bits per heavy atom. The Bertz CT molecular complexity index is 425. The molecule has 0 heterocycles. The molecule has 0 unspecified atom stereocenters. The predicted octanol–water partition coefficient (Wildman–Crippen LogP) is -3.14. The smallest absolute Gasteiger partial charge is 0.299 e. The van der Waals surface area contributed by atoms with Gasteiger partial charge in [0, 0.05) is 0 Å². The van der Waals surface area contributed by atoms with E-state index in [0.29, 0.717) is 0 Å². The molecule has 0 amide bonds. The van der Waals surface area contributed by atoms with Gasteiger partial charge in [0.25, 0.3) is 20.2 Å². The third kappa shape index (κ3) is 4.74. The first-order valence-electron chi connectivity index (χ1n) is 4.64. The lowest BCUT2D eigenvalue weighted by Gasteiger charge is -2.20. The zero-order valence-electron chi connectivity index (χ0n) is 9.99. The molecule has 0 aromatic carbocycles. The maximum atomic E-state index is 11.2. The summed E-state index contributed by atoms with van der Waals surface area (Å²) in [7, 11) is -8.47. The van der Waals surface area contributed by atoms with E-state index in [2.05, 4.69) is 8.37 Å². The molecule has 0 radical (unpaired) electrons. The van der Waals surface area contributed by atoms with Crippen molar-refractivity contribution in [3.05, 3.63) is 0 Å². The summed E-state index contributed by atoms with van der Waals surface area (Å²) in [4.78, 5) is -4.19. The lowest BCUT2D eigenvalue weighted by molar-refractivity contribution is 0.213. The standard InChI is InChI=1S/C6H18N4O6S2/c1-5(7,8)17(11,12)15-3-4-16-18(13,14)6(2,9)10/h3-4,7-10H2,1-2H3. The van der Waals surface area contributed by atoms with Gasteiger partial charge in [0.15, 0.2) is 9.99 Å². The Labute approximate surface area is 106 Å². The van der Waals surface area contributed by atoms with E-state index >= 15 is 0 Å². The van der Waals surface area contributed by atoms with Crippen molar-refractivity contribution in [1.29, 1.82) is 0 Å². The molecule has 0 aromatic rings. The van der Waals surface area contributed by atoms with E-state index in [1.807, 2.05) is 0 Å². The van der Waals surface area contributed by atoms with Crippen LogP contribution < -0.4 is 22.9 Å². The van der Waals surface area contributed by atoms with Crippen LogP contribution in [0, 0.1) is 0 Å². The van der Waals surface area contributed by atoms with Crippen molar-refractivity contribution >= 4 is 20.2 Å². The minimum atomic E-state index is -4.23. The number of hydrogen-bond donors (Lipinski definition) is 4. The van der Waals surface area contributed by atoms with Crippen molar-refractivity contribution in [3.63, 3.8) is 0 Å². The highest BCUT2D eigenvalue weighted by atomic mass is 32.2. The fourth-order valence-corrected chi connectivity index (χ4v) is 1.62. The summed E-state index contributed by atoms with van der Waals surface area (Å²) in [6.45, 7) is 0.830. The monoisotopic (exact) mass is 306 g/mol. The minimum Gasteiger partial charge on any atom is -0.299 e. The quantitative estimate of drug-likeness (QED) is 0.212. The van der Waals surface area contributed by atoms with E-state index in [9.17, 15) is 16.8 Å². The number of hydrogen-bond acceptors (Lipinski definition) is 10. The van der Waals surface area contributed by atoms with Crippen LogP contribution in [-0.4, -0.2) is 40.0 Å². The average Bonchev–Trinajstić information content (AvgIpc) is 2.08. The summed E-state index contributed by atoms with van der Waals surface area (Å²) in [6.07, 6.45) is 0. The highest BCUT2D eigenvalue weighted by Crippen LogP contribution is 2.08. The third-order valence-electron chi connectivity index (χ3n) is 1.64. The van der Waals surface area contributed by atoms with E-state index in [-0.39, 0.29) is 0 Å². The summed E-state index contributed by atoms with van der Waals surface area (Å²) in [6, 6.07) is 0. The Morgan fingerprint density at radius 1 is 0.778 bits per heavy atom. The van der Waals surface area contributed by atoms with Crippen LogP contribution in [0.4, 0.5) is 0 Å². The summed E-state index contributed by atoms with van der Waals surface area (Å²) >= 11 is 0. The molecule has 0 aliphatic carbocycles. The Hall–Kier alpha value is -0.340. The number of rotatable bonds is 7. The normalized spacial score (nSPS) is 14.8. The van der Waals surface area contributed by atoms with Crippen molar-refractivity contribution in [2.75, 3.05) is 13.2 Å². The van der Waals surface area contributed by atoms with Crippen LogP contribution in [0.5, 0.6) is 0 Å². The second kappa shape index (κ2) is 5.34. The largest absolute Gasteiger partial charge is 0.299 e. The van der Waals surface area contributed by atoms with Gasteiger partial charge in [0.2, 0.25) is 0 Å². The molecule has 18 heavy (non-hydrogen) atoms. The number of nitrogens with two attached hydrogens (primary N) is 4. The maximum absolute atomic E-state index is 11.2. The molecule has 0 aliphatic heterocycles. The van der Waals surface area contributed by atoms with Crippen molar-refractivity contribution < 1.29 is 25.2 Å². The molecule has 0 atom stereocenters. The van der Waals surface area contributed by atoms with Crippen LogP contribution in [0.15, 0.2) is 0 Å². The lowest BCUT2D eigenvalue weighted by atomic mass is 10.6.